The minimum Gasteiger partial charge on any atom is -0.478 e. The van der Waals surface area contributed by atoms with Crippen LogP contribution in [0.1, 0.15) is 48.6 Å². The molecule has 1 rings (SSSR count). The van der Waals surface area contributed by atoms with Crippen LogP contribution in [0, 0.1) is 12.8 Å². The molecule has 0 aromatic carbocycles. The number of carboxylic acids is 1. The molecule has 18 heavy (non-hydrogen) atoms. The Bertz CT molecular complexity index is 434. The second kappa shape index (κ2) is 6.23. The van der Waals surface area contributed by atoms with Gasteiger partial charge < -0.3 is 14.8 Å². The van der Waals surface area contributed by atoms with Gasteiger partial charge in [-0.15, -0.1) is 0 Å². The molecule has 1 aromatic rings. The van der Waals surface area contributed by atoms with Crippen molar-refractivity contribution in [2.24, 2.45) is 5.92 Å². The number of aryl methyl sites for hydroxylation is 1. The smallest absolute Gasteiger partial charge is 0.339 e. The molecule has 5 heteroatoms. The van der Waals surface area contributed by atoms with E-state index in [0.717, 1.165) is 6.42 Å². The maximum absolute atomic E-state index is 11.5. The van der Waals surface area contributed by atoms with Crippen molar-refractivity contribution in [2.75, 3.05) is 0 Å². The van der Waals surface area contributed by atoms with Crippen LogP contribution in [0.5, 0.6) is 0 Å². The number of nitrogens with one attached hydrogen (secondary N) is 1. The standard InChI is InChI=1S/C13H19NO4/c1-8(2)4-5-12(15)14-7-10-6-11(13(16)17)9(3)18-10/h6,8H,4-5,7H2,1-3H3,(H,14,15)(H,16,17). The second-order valence-corrected chi connectivity index (χ2v) is 4.70. The van der Waals surface area contributed by atoms with Crippen LogP contribution in [-0.4, -0.2) is 17.0 Å². The molecule has 1 amide bonds. The maximum Gasteiger partial charge on any atom is 0.339 e. The van der Waals surface area contributed by atoms with Crippen LogP contribution >= 0.6 is 0 Å². The van der Waals surface area contributed by atoms with Crippen LogP contribution in [0.4, 0.5) is 0 Å². The summed E-state index contributed by atoms with van der Waals surface area (Å²) < 4.78 is 5.26. The molecule has 0 aliphatic heterocycles. The highest BCUT2D eigenvalue weighted by Gasteiger charge is 2.14. The molecule has 2 N–H and O–H groups in total. The Morgan fingerprint density at radius 3 is 2.61 bits per heavy atom. The zero-order chi connectivity index (χ0) is 13.7. The first-order chi connectivity index (χ1) is 8.40. The van der Waals surface area contributed by atoms with E-state index >= 15 is 0 Å². The van der Waals surface area contributed by atoms with E-state index in [9.17, 15) is 9.59 Å². The number of carbonyl (C=O) groups is 2. The van der Waals surface area contributed by atoms with Gasteiger partial charge in [0.1, 0.15) is 17.1 Å². The van der Waals surface area contributed by atoms with Crippen LogP contribution in [0.15, 0.2) is 10.5 Å². The average Bonchev–Trinajstić information content (AvgIpc) is 2.65. The molecule has 0 fully saturated rings. The summed E-state index contributed by atoms with van der Waals surface area (Å²) in [6.07, 6.45) is 1.31. The molecule has 0 atom stereocenters. The highest BCUT2D eigenvalue weighted by Crippen LogP contribution is 2.14. The lowest BCUT2D eigenvalue weighted by atomic mass is 10.1. The summed E-state index contributed by atoms with van der Waals surface area (Å²) in [5.41, 5.74) is 0.140. The highest BCUT2D eigenvalue weighted by atomic mass is 16.4. The minimum absolute atomic E-state index is 0.0466. The summed E-state index contributed by atoms with van der Waals surface area (Å²) in [6.45, 7) is 5.93. The van der Waals surface area contributed by atoms with Crippen molar-refractivity contribution in [2.45, 2.75) is 40.2 Å². The summed E-state index contributed by atoms with van der Waals surface area (Å²) in [6, 6.07) is 1.44. The van der Waals surface area contributed by atoms with Gasteiger partial charge >= 0.3 is 5.97 Å². The molecule has 5 nitrogen and oxygen atoms in total. The van der Waals surface area contributed by atoms with E-state index in [0.29, 0.717) is 23.9 Å². The molecule has 0 unspecified atom stereocenters. The number of aromatic carboxylic acids is 1. The van der Waals surface area contributed by atoms with Crippen LogP contribution in [0.2, 0.25) is 0 Å². The third-order valence-corrected chi connectivity index (χ3v) is 2.61. The Hall–Kier alpha value is -1.78. The van der Waals surface area contributed by atoms with Crippen molar-refractivity contribution in [3.63, 3.8) is 0 Å². The summed E-state index contributed by atoms with van der Waals surface area (Å²) >= 11 is 0. The molecule has 1 heterocycles. The Balaban J connectivity index is 2.46. The molecular weight excluding hydrogens is 234 g/mol. The van der Waals surface area contributed by atoms with Gasteiger partial charge in [-0.1, -0.05) is 13.8 Å². The van der Waals surface area contributed by atoms with Gasteiger partial charge in [0.05, 0.1) is 6.54 Å². The van der Waals surface area contributed by atoms with Gasteiger partial charge in [0.15, 0.2) is 0 Å². The maximum atomic E-state index is 11.5. The monoisotopic (exact) mass is 253 g/mol. The van der Waals surface area contributed by atoms with E-state index in [1.54, 1.807) is 6.92 Å². The first-order valence-electron chi connectivity index (χ1n) is 5.99. The van der Waals surface area contributed by atoms with Gasteiger partial charge in [-0.05, 0) is 25.3 Å². The van der Waals surface area contributed by atoms with Gasteiger partial charge in [-0.25, -0.2) is 4.79 Å². The van der Waals surface area contributed by atoms with E-state index in [1.807, 2.05) is 0 Å². The molecule has 100 valence electrons. The molecule has 0 aliphatic rings. The number of carboxylic acid groups (broad SMARTS) is 1. The van der Waals surface area contributed by atoms with E-state index < -0.39 is 5.97 Å². The average molecular weight is 253 g/mol. The highest BCUT2D eigenvalue weighted by molar-refractivity contribution is 5.88. The lowest BCUT2D eigenvalue weighted by Gasteiger charge is -2.05. The van der Waals surface area contributed by atoms with Crippen LogP contribution in [0.3, 0.4) is 0 Å². The van der Waals surface area contributed by atoms with E-state index in [4.69, 9.17) is 9.52 Å². The van der Waals surface area contributed by atoms with E-state index in [1.165, 1.54) is 6.07 Å². The predicted molar refractivity (Wildman–Crippen MR) is 66.3 cm³/mol. The van der Waals surface area contributed by atoms with Crippen molar-refractivity contribution in [1.82, 2.24) is 5.32 Å². The summed E-state index contributed by atoms with van der Waals surface area (Å²) in [5, 5.41) is 11.6. The van der Waals surface area contributed by atoms with E-state index in [-0.39, 0.29) is 18.0 Å². The molecule has 0 aliphatic carbocycles. The number of carbonyl (C=O) groups excluding carboxylic acids is 1. The normalized spacial score (nSPS) is 10.7. The van der Waals surface area contributed by atoms with Gasteiger partial charge in [0.25, 0.3) is 0 Å². The third kappa shape index (κ3) is 4.24. The predicted octanol–water partition coefficient (Wildman–Crippen LogP) is 2.34. The fourth-order valence-corrected chi connectivity index (χ4v) is 1.54. The van der Waals surface area contributed by atoms with Crippen LogP contribution in [0.25, 0.3) is 0 Å². The Labute approximate surface area is 106 Å². The van der Waals surface area contributed by atoms with Gasteiger partial charge in [-0.3, -0.25) is 4.79 Å². The molecule has 0 saturated heterocycles. The van der Waals surface area contributed by atoms with Crippen molar-refractivity contribution >= 4 is 11.9 Å². The second-order valence-electron chi connectivity index (χ2n) is 4.70. The number of hydrogen-bond donors (Lipinski definition) is 2. The first kappa shape index (κ1) is 14.3. The van der Waals surface area contributed by atoms with Gasteiger partial charge in [-0.2, -0.15) is 0 Å². The number of amides is 1. The Morgan fingerprint density at radius 1 is 1.44 bits per heavy atom. The number of hydrogen-bond acceptors (Lipinski definition) is 3. The van der Waals surface area contributed by atoms with Crippen LogP contribution < -0.4 is 5.32 Å². The zero-order valence-corrected chi connectivity index (χ0v) is 10.9. The molecule has 0 saturated carbocycles. The summed E-state index contributed by atoms with van der Waals surface area (Å²) in [7, 11) is 0. The molecule has 1 aromatic heterocycles. The largest absolute Gasteiger partial charge is 0.478 e. The third-order valence-electron chi connectivity index (χ3n) is 2.61. The van der Waals surface area contributed by atoms with Gasteiger partial charge in [0, 0.05) is 6.42 Å². The van der Waals surface area contributed by atoms with Crippen molar-refractivity contribution < 1.29 is 19.1 Å². The Kier molecular flexibility index (Phi) is 4.95. The van der Waals surface area contributed by atoms with Crippen LogP contribution in [-0.2, 0) is 11.3 Å². The molecule has 0 spiro atoms. The first-order valence-corrected chi connectivity index (χ1v) is 5.99. The fourth-order valence-electron chi connectivity index (χ4n) is 1.54. The quantitative estimate of drug-likeness (QED) is 0.815. The van der Waals surface area contributed by atoms with Gasteiger partial charge in [0.2, 0.25) is 5.91 Å². The summed E-state index contributed by atoms with van der Waals surface area (Å²) in [4.78, 5) is 22.3. The molecule has 0 bridgehead atoms. The van der Waals surface area contributed by atoms with Crippen molar-refractivity contribution in [1.29, 1.82) is 0 Å². The summed E-state index contributed by atoms with van der Waals surface area (Å²) in [5.74, 6) is 0.236. The Morgan fingerprint density at radius 2 is 2.11 bits per heavy atom. The number of rotatable bonds is 6. The molecular formula is C13H19NO4. The molecule has 0 radical (unpaired) electrons. The number of furan rings is 1. The topological polar surface area (TPSA) is 79.5 Å². The lowest BCUT2D eigenvalue weighted by Crippen LogP contribution is -2.22. The van der Waals surface area contributed by atoms with Crippen molar-refractivity contribution in [3.05, 3.63) is 23.2 Å². The lowest BCUT2D eigenvalue weighted by molar-refractivity contribution is -0.121. The fraction of sp³-hybridized carbons (Fsp3) is 0.538. The van der Waals surface area contributed by atoms with Crippen molar-refractivity contribution in [3.8, 4) is 0 Å². The minimum atomic E-state index is -1.02. The SMILES string of the molecule is Cc1oc(CNC(=O)CCC(C)C)cc1C(=O)O. The van der Waals surface area contributed by atoms with E-state index in [2.05, 4.69) is 19.2 Å². The zero-order valence-electron chi connectivity index (χ0n) is 10.9.